The van der Waals surface area contributed by atoms with E-state index in [2.05, 4.69) is 34.3 Å². The minimum Gasteiger partial charge on any atom is -0.465 e. The van der Waals surface area contributed by atoms with E-state index in [0.29, 0.717) is 30.9 Å². The first-order valence-electron chi connectivity index (χ1n) is 12.0. The lowest BCUT2D eigenvalue weighted by molar-refractivity contribution is -0.195. The Balaban J connectivity index is 1.67. The van der Waals surface area contributed by atoms with Gasteiger partial charge in [0, 0.05) is 24.3 Å². The minimum atomic E-state index is -0.823. The van der Waals surface area contributed by atoms with Gasteiger partial charge < -0.3 is 9.47 Å². The fourth-order valence-electron chi connectivity index (χ4n) is 8.17. The van der Waals surface area contributed by atoms with Gasteiger partial charge in [-0.3, -0.25) is 14.4 Å². The first-order chi connectivity index (χ1) is 14.4. The Labute approximate surface area is 186 Å². The summed E-state index contributed by atoms with van der Waals surface area (Å²) in [6.07, 6.45) is 6.47. The lowest BCUT2D eigenvalue weighted by Gasteiger charge is -2.63. The zero-order valence-corrected chi connectivity index (χ0v) is 19.8. The number of fused-ring (bicyclic) bond motifs is 3. The zero-order chi connectivity index (χ0) is 22.8. The number of ketones is 1. The molecule has 0 aromatic carbocycles. The molecule has 4 rings (SSSR count). The Hall–Kier alpha value is -1.65. The van der Waals surface area contributed by atoms with E-state index in [-0.39, 0.29) is 35.0 Å². The molecule has 6 atom stereocenters. The number of ether oxygens (including phenoxy) is 2. The van der Waals surface area contributed by atoms with Gasteiger partial charge in [-0.2, -0.15) is 0 Å². The molecule has 0 saturated heterocycles. The molecule has 2 bridgehead atoms. The van der Waals surface area contributed by atoms with Gasteiger partial charge in [0.1, 0.15) is 5.60 Å². The van der Waals surface area contributed by atoms with E-state index in [0.717, 1.165) is 38.5 Å². The van der Waals surface area contributed by atoms with Crippen LogP contribution in [0.3, 0.4) is 0 Å². The molecule has 0 N–H and O–H groups in total. The van der Waals surface area contributed by atoms with Gasteiger partial charge in [0.05, 0.1) is 12.0 Å². The SMILES string of the molecule is C=C1C(=O)[C@@]23CC[C@H]4[C@@](C)(CCC[C@@]4(C)C(=O)OCC(C)C)[C@@H]2CC[C@@]1(OC(C)=O)C3. The number of rotatable bonds is 4. The molecule has 0 aromatic heterocycles. The van der Waals surface area contributed by atoms with Crippen LogP contribution >= 0.6 is 0 Å². The van der Waals surface area contributed by atoms with Crippen LogP contribution in [0.1, 0.15) is 86.0 Å². The van der Waals surface area contributed by atoms with Crippen molar-refractivity contribution in [2.45, 2.75) is 91.6 Å². The second kappa shape index (κ2) is 7.18. The molecule has 5 heteroatoms. The summed E-state index contributed by atoms with van der Waals surface area (Å²) in [5.41, 5.74) is -1.45. The van der Waals surface area contributed by atoms with Gasteiger partial charge in [-0.15, -0.1) is 0 Å². The van der Waals surface area contributed by atoms with E-state index < -0.39 is 16.4 Å². The third kappa shape index (κ3) is 3.05. The van der Waals surface area contributed by atoms with Gasteiger partial charge in [0.25, 0.3) is 0 Å². The van der Waals surface area contributed by atoms with E-state index >= 15 is 0 Å². The van der Waals surface area contributed by atoms with Crippen LogP contribution < -0.4 is 0 Å². The fourth-order valence-corrected chi connectivity index (χ4v) is 8.17. The molecule has 5 nitrogen and oxygen atoms in total. The topological polar surface area (TPSA) is 69.7 Å². The summed E-state index contributed by atoms with van der Waals surface area (Å²) in [4.78, 5) is 38.7. The maximum Gasteiger partial charge on any atom is 0.312 e. The standard InChI is InChI=1S/C26H38O5/c1-16(2)14-30-22(29)24(6)11-7-10-23(5)19(24)8-12-25-15-26(31-18(4)27,13-9-20(23)25)17(3)21(25)28/h16,19-20H,3,7-15H2,1-2,4-6H3/t19-,20-,23+,24+,25+,26+/m0/s1. The highest BCUT2D eigenvalue weighted by atomic mass is 16.6. The van der Waals surface area contributed by atoms with E-state index in [4.69, 9.17) is 9.47 Å². The first kappa shape index (κ1) is 22.5. The summed E-state index contributed by atoms with van der Waals surface area (Å²) in [5, 5.41) is 0. The largest absolute Gasteiger partial charge is 0.465 e. The number of Topliss-reactive ketones (excluding diaryl/α,β-unsaturated/α-hetero) is 1. The van der Waals surface area contributed by atoms with Crippen LogP contribution in [0.5, 0.6) is 0 Å². The molecule has 172 valence electrons. The molecule has 0 radical (unpaired) electrons. The quantitative estimate of drug-likeness (QED) is 0.463. The summed E-state index contributed by atoms with van der Waals surface area (Å²) in [7, 11) is 0. The average Bonchev–Trinajstić information content (AvgIpc) is 2.82. The van der Waals surface area contributed by atoms with Crippen LogP contribution in [0.25, 0.3) is 0 Å². The number of hydrogen-bond acceptors (Lipinski definition) is 5. The van der Waals surface area contributed by atoms with Crippen LogP contribution in [0.4, 0.5) is 0 Å². The molecule has 0 aromatic rings. The summed E-state index contributed by atoms with van der Waals surface area (Å²) < 4.78 is 11.5. The maximum absolute atomic E-state index is 13.6. The highest BCUT2D eigenvalue weighted by molar-refractivity contribution is 6.05. The number of carbonyl (C=O) groups is 3. The molecular weight excluding hydrogens is 392 g/mol. The predicted octanol–water partition coefficient (Wildman–Crippen LogP) is 5.02. The monoisotopic (exact) mass is 430 g/mol. The second-order valence-corrected chi connectivity index (χ2v) is 11.7. The zero-order valence-electron chi connectivity index (χ0n) is 19.8. The van der Waals surface area contributed by atoms with Gasteiger partial charge in [0.2, 0.25) is 0 Å². The molecule has 4 aliphatic carbocycles. The van der Waals surface area contributed by atoms with Crippen molar-refractivity contribution >= 4 is 17.7 Å². The lowest BCUT2D eigenvalue weighted by Crippen LogP contribution is -2.60. The van der Waals surface area contributed by atoms with E-state index in [1.807, 2.05) is 0 Å². The first-order valence-corrected chi connectivity index (χ1v) is 12.0. The molecule has 4 aliphatic rings. The predicted molar refractivity (Wildman–Crippen MR) is 117 cm³/mol. The molecule has 0 unspecified atom stereocenters. The molecule has 1 spiro atoms. The van der Waals surface area contributed by atoms with Crippen molar-refractivity contribution < 1.29 is 23.9 Å². The normalized spacial score (nSPS) is 43.9. The Bertz CT molecular complexity index is 830. The lowest BCUT2D eigenvalue weighted by atomic mass is 9.40. The van der Waals surface area contributed by atoms with Crippen LogP contribution in [0.2, 0.25) is 0 Å². The molecule has 4 saturated carbocycles. The van der Waals surface area contributed by atoms with Crippen LogP contribution in [-0.4, -0.2) is 29.9 Å². The summed E-state index contributed by atoms with van der Waals surface area (Å²) in [5.74, 6) is 0.388. The molecular formula is C26H38O5. The van der Waals surface area contributed by atoms with Gasteiger partial charge in [-0.05, 0) is 68.6 Å². The second-order valence-electron chi connectivity index (χ2n) is 11.7. The molecule has 4 fully saturated rings. The molecule has 31 heavy (non-hydrogen) atoms. The third-order valence-corrected chi connectivity index (χ3v) is 9.39. The van der Waals surface area contributed by atoms with Crippen molar-refractivity contribution in [2.75, 3.05) is 6.61 Å². The average molecular weight is 431 g/mol. The Morgan fingerprint density at radius 3 is 2.42 bits per heavy atom. The van der Waals surface area contributed by atoms with Crippen LogP contribution in [0.15, 0.2) is 12.2 Å². The summed E-state index contributed by atoms with van der Waals surface area (Å²) >= 11 is 0. The van der Waals surface area contributed by atoms with Crippen molar-refractivity contribution in [2.24, 2.45) is 34.0 Å². The van der Waals surface area contributed by atoms with Crippen LogP contribution in [0, 0.1) is 34.0 Å². The highest BCUT2D eigenvalue weighted by Crippen LogP contribution is 2.72. The van der Waals surface area contributed by atoms with E-state index in [1.165, 1.54) is 6.92 Å². The van der Waals surface area contributed by atoms with Crippen molar-refractivity contribution in [3.05, 3.63) is 12.2 Å². The Morgan fingerprint density at radius 2 is 1.77 bits per heavy atom. The maximum atomic E-state index is 13.6. The summed E-state index contributed by atoms with van der Waals surface area (Å²) in [6.45, 7) is 14.5. The van der Waals surface area contributed by atoms with Gasteiger partial charge in [-0.25, -0.2) is 0 Å². The summed E-state index contributed by atoms with van der Waals surface area (Å²) in [6, 6.07) is 0. The van der Waals surface area contributed by atoms with E-state index in [1.54, 1.807) is 0 Å². The minimum absolute atomic E-state index is 0.0692. The molecule has 0 aliphatic heterocycles. The molecule has 0 heterocycles. The number of hydrogen-bond donors (Lipinski definition) is 0. The Morgan fingerprint density at radius 1 is 1.10 bits per heavy atom. The number of carbonyl (C=O) groups excluding carboxylic acids is 3. The van der Waals surface area contributed by atoms with Crippen molar-refractivity contribution in [1.82, 2.24) is 0 Å². The van der Waals surface area contributed by atoms with Crippen LogP contribution in [-0.2, 0) is 23.9 Å². The van der Waals surface area contributed by atoms with E-state index in [9.17, 15) is 14.4 Å². The van der Waals surface area contributed by atoms with Crippen molar-refractivity contribution in [3.63, 3.8) is 0 Å². The van der Waals surface area contributed by atoms with Crippen molar-refractivity contribution in [3.8, 4) is 0 Å². The van der Waals surface area contributed by atoms with Gasteiger partial charge in [-0.1, -0.05) is 33.8 Å². The highest BCUT2D eigenvalue weighted by Gasteiger charge is 2.72. The van der Waals surface area contributed by atoms with Gasteiger partial charge >= 0.3 is 11.9 Å². The van der Waals surface area contributed by atoms with Crippen molar-refractivity contribution in [1.29, 1.82) is 0 Å². The Kier molecular flexibility index (Phi) is 5.22. The smallest absolute Gasteiger partial charge is 0.312 e. The van der Waals surface area contributed by atoms with Gasteiger partial charge in [0.15, 0.2) is 5.78 Å². The number of esters is 2. The molecule has 0 amide bonds. The fraction of sp³-hybridized carbons (Fsp3) is 0.808. The third-order valence-electron chi connectivity index (χ3n) is 9.39.